The van der Waals surface area contributed by atoms with Gasteiger partial charge in [0.15, 0.2) is 5.69 Å². The van der Waals surface area contributed by atoms with Crippen molar-refractivity contribution >= 4 is 16.8 Å². The van der Waals surface area contributed by atoms with E-state index in [2.05, 4.69) is 10.4 Å². The van der Waals surface area contributed by atoms with Crippen molar-refractivity contribution in [2.45, 2.75) is 6.42 Å². The molecule has 24 heavy (non-hydrogen) atoms. The van der Waals surface area contributed by atoms with E-state index >= 15 is 0 Å². The van der Waals surface area contributed by atoms with Crippen molar-refractivity contribution in [3.05, 3.63) is 75.8 Å². The minimum Gasteiger partial charge on any atom is -0.350 e. The van der Waals surface area contributed by atoms with Gasteiger partial charge in [0.1, 0.15) is 5.82 Å². The average Bonchev–Trinajstić information content (AvgIpc) is 2.59. The van der Waals surface area contributed by atoms with Crippen LogP contribution in [-0.4, -0.2) is 22.2 Å². The second kappa shape index (κ2) is 6.62. The molecular weight excluding hydrogens is 309 g/mol. The molecule has 0 aliphatic rings. The lowest BCUT2D eigenvalue weighted by molar-refractivity contribution is 0.0946. The van der Waals surface area contributed by atoms with Gasteiger partial charge in [0.25, 0.3) is 5.91 Å². The summed E-state index contributed by atoms with van der Waals surface area (Å²) in [6.45, 7) is 0.220. The average molecular weight is 325 g/mol. The highest BCUT2D eigenvalue weighted by Gasteiger charge is 2.16. The molecule has 3 aromatic rings. The molecular formula is C18H16FN3O2. The standard InChI is InChI=1S/C18H16FN3O2/c1-22-15-9-5-3-7-13(15)17(23)16(21-22)18(24)20-11-10-12-6-2-4-8-14(12)19/h2-9H,10-11H2,1H3,(H,20,24). The minimum absolute atomic E-state index is 0.162. The molecule has 0 aliphatic carbocycles. The van der Waals surface area contributed by atoms with E-state index in [4.69, 9.17) is 0 Å². The Morgan fingerprint density at radius 1 is 1.17 bits per heavy atom. The van der Waals surface area contributed by atoms with Crippen molar-refractivity contribution < 1.29 is 9.18 Å². The van der Waals surface area contributed by atoms with E-state index < -0.39 is 11.3 Å². The molecule has 2 aromatic carbocycles. The van der Waals surface area contributed by atoms with Crippen LogP contribution < -0.4 is 10.7 Å². The van der Waals surface area contributed by atoms with Crippen LogP contribution in [0.15, 0.2) is 53.3 Å². The minimum atomic E-state index is -0.558. The summed E-state index contributed by atoms with van der Waals surface area (Å²) in [6, 6.07) is 13.4. The van der Waals surface area contributed by atoms with Crippen LogP contribution in [0.2, 0.25) is 0 Å². The second-order valence-corrected chi connectivity index (χ2v) is 5.42. The number of rotatable bonds is 4. The van der Waals surface area contributed by atoms with Gasteiger partial charge in [-0.3, -0.25) is 14.3 Å². The Morgan fingerprint density at radius 3 is 2.67 bits per heavy atom. The van der Waals surface area contributed by atoms with Crippen LogP contribution in [0.4, 0.5) is 4.39 Å². The van der Waals surface area contributed by atoms with Gasteiger partial charge in [0.2, 0.25) is 5.43 Å². The van der Waals surface area contributed by atoms with Crippen molar-refractivity contribution in [3.8, 4) is 0 Å². The van der Waals surface area contributed by atoms with Gasteiger partial charge in [-0.15, -0.1) is 0 Å². The maximum absolute atomic E-state index is 13.6. The number of aromatic nitrogens is 2. The van der Waals surface area contributed by atoms with Gasteiger partial charge in [0, 0.05) is 19.0 Å². The number of aryl methyl sites for hydroxylation is 1. The number of benzene rings is 2. The van der Waals surface area contributed by atoms with Gasteiger partial charge in [-0.25, -0.2) is 4.39 Å². The van der Waals surface area contributed by atoms with Crippen molar-refractivity contribution in [1.29, 1.82) is 0 Å². The van der Waals surface area contributed by atoms with Gasteiger partial charge in [0.05, 0.1) is 5.52 Å². The zero-order valence-corrected chi connectivity index (χ0v) is 13.1. The molecule has 0 fully saturated rings. The first kappa shape index (κ1) is 15.9. The highest BCUT2D eigenvalue weighted by molar-refractivity contribution is 5.95. The van der Waals surface area contributed by atoms with E-state index in [9.17, 15) is 14.0 Å². The summed E-state index contributed by atoms with van der Waals surface area (Å²) >= 11 is 0. The summed E-state index contributed by atoms with van der Waals surface area (Å²) in [7, 11) is 1.68. The van der Waals surface area contributed by atoms with Crippen LogP contribution in [0, 0.1) is 5.82 Å². The maximum atomic E-state index is 13.6. The molecule has 1 amide bonds. The number of nitrogens with zero attached hydrogens (tertiary/aromatic N) is 2. The molecule has 5 nitrogen and oxygen atoms in total. The molecule has 0 saturated heterocycles. The lowest BCUT2D eigenvalue weighted by atomic mass is 10.1. The molecule has 0 unspecified atom stereocenters. The number of hydrogen-bond donors (Lipinski definition) is 1. The fraction of sp³-hybridized carbons (Fsp3) is 0.167. The Morgan fingerprint density at radius 2 is 1.88 bits per heavy atom. The molecule has 0 aliphatic heterocycles. The zero-order valence-electron chi connectivity index (χ0n) is 13.1. The summed E-state index contributed by atoms with van der Waals surface area (Å²) in [5, 5.41) is 7.13. The number of amides is 1. The molecule has 0 spiro atoms. The van der Waals surface area contributed by atoms with Crippen LogP contribution in [0.3, 0.4) is 0 Å². The SMILES string of the molecule is Cn1nc(C(=O)NCCc2ccccc2F)c(=O)c2ccccc21. The van der Waals surface area contributed by atoms with Crippen molar-refractivity contribution in [3.63, 3.8) is 0 Å². The number of carbonyl (C=O) groups excluding carboxylic acids is 1. The van der Waals surface area contributed by atoms with Crippen LogP contribution >= 0.6 is 0 Å². The fourth-order valence-electron chi connectivity index (χ4n) is 2.57. The first-order chi connectivity index (χ1) is 11.6. The highest BCUT2D eigenvalue weighted by Crippen LogP contribution is 2.08. The quantitative estimate of drug-likeness (QED) is 0.798. The van der Waals surface area contributed by atoms with Crippen LogP contribution in [0.1, 0.15) is 16.1 Å². The largest absolute Gasteiger partial charge is 0.350 e. The summed E-state index contributed by atoms with van der Waals surface area (Å²) in [6.07, 6.45) is 0.340. The van der Waals surface area contributed by atoms with Gasteiger partial charge >= 0.3 is 0 Å². The molecule has 1 aromatic heterocycles. The third kappa shape index (κ3) is 3.03. The lowest BCUT2D eigenvalue weighted by Gasteiger charge is -2.08. The summed E-state index contributed by atoms with van der Waals surface area (Å²) in [5.74, 6) is -0.871. The van der Waals surface area contributed by atoms with Gasteiger partial charge < -0.3 is 5.32 Å². The van der Waals surface area contributed by atoms with Crippen molar-refractivity contribution in [2.24, 2.45) is 7.05 Å². The molecule has 1 heterocycles. The monoisotopic (exact) mass is 325 g/mol. The van der Waals surface area contributed by atoms with E-state index in [1.165, 1.54) is 10.7 Å². The normalized spacial score (nSPS) is 10.8. The Labute approximate surface area is 137 Å². The third-order valence-electron chi connectivity index (χ3n) is 3.82. The summed E-state index contributed by atoms with van der Waals surface area (Å²) in [4.78, 5) is 24.7. The molecule has 0 atom stereocenters. The third-order valence-corrected chi connectivity index (χ3v) is 3.82. The van der Waals surface area contributed by atoms with E-state index in [1.54, 1.807) is 49.5 Å². The van der Waals surface area contributed by atoms with Crippen LogP contribution in [0.25, 0.3) is 10.9 Å². The highest BCUT2D eigenvalue weighted by atomic mass is 19.1. The number of carbonyl (C=O) groups is 1. The molecule has 0 radical (unpaired) electrons. The molecule has 0 bridgehead atoms. The van der Waals surface area contributed by atoms with Gasteiger partial charge in [-0.05, 0) is 30.2 Å². The first-order valence-corrected chi connectivity index (χ1v) is 7.55. The number of halogens is 1. The van der Waals surface area contributed by atoms with Crippen molar-refractivity contribution in [2.75, 3.05) is 6.54 Å². The number of nitrogens with one attached hydrogen (secondary N) is 1. The Kier molecular flexibility index (Phi) is 4.37. The topological polar surface area (TPSA) is 64.0 Å². The molecule has 1 N–H and O–H groups in total. The van der Waals surface area contributed by atoms with E-state index in [0.717, 1.165) is 0 Å². The number of hydrogen-bond acceptors (Lipinski definition) is 3. The summed E-state index contributed by atoms with van der Waals surface area (Å²) in [5.41, 5.74) is 0.597. The van der Waals surface area contributed by atoms with E-state index in [1.807, 2.05) is 0 Å². The number of fused-ring (bicyclic) bond motifs is 1. The maximum Gasteiger partial charge on any atom is 0.275 e. The van der Waals surface area contributed by atoms with Crippen LogP contribution in [-0.2, 0) is 13.5 Å². The molecule has 6 heteroatoms. The molecule has 3 rings (SSSR count). The van der Waals surface area contributed by atoms with Gasteiger partial charge in [-0.2, -0.15) is 5.10 Å². The Bertz CT molecular complexity index is 966. The first-order valence-electron chi connectivity index (χ1n) is 7.55. The smallest absolute Gasteiger partial charge is 0.275 e. The predicted octanol–water partition coefficient (Wildman–Crippen LogP) is 2.05. The fourth-order valence-corrected chi connectivity index (χ4v) is 2.57. The lowest BCUT2D eigenvalue weighted by Crippen LogP contribution is -2.33. The van der Waals surface area contributed by atoms with E-state index in [0.29, 0.717) is 22.9 Å². The molecule has 122 valence electrons. The number of para-hydroxylation sites is 1. The Balaban J connectivity index is 1.78. The Hall–Kier alpha value is -3.02. The summed E-state index contributed by atoms with van der Waals surface area (Å²) < 4.78 is 15.1. The van der Waals surface area contributed by atoms with Crippen molar-refractivity contribution in [1.82, 2.24) is 15.1 Å². The van der Waals surface area contributed by atoms with Gasteiger partial charge in [-0.1, -0.05) is 30.3 Å². The molecule has 0 saturated carbocycles. The van der Waals surface area contributed by atoms with E-state index in [-0.39, 0.29) is 18.1 Å². The van der Waals surface area contributed by atoms with Crippen LogP contribution in [0.5, 0.6) is 0 Å². The zero-order chi connectivity index (χ0) is 17.1. The predicted molar refractivity (Wildman–Crippen MR) is 89.4 cm³/mol. The second-order valence-electron chi connectivity index (χ2n) is 5.42.